The van der Waals surface area contributed by atoms with Crippen LogP contribution in [0.3, 0.4) is 0 Å². The van der Waals surface area contributed by atoms with Crippen molar-refractivity contribution in [2.75, 3.05) is 12.4 Å². The van der Waals surface area contributed by atoms with Gasteiger partial charge in [0.15, 0.2) is 5.11 Å². The Morgan fingerprint density at radius 2 is 1.82 bits per heavy atom. The van der Waals surface area contributed by atoms with E-state index in [0.29, 0.717) is 18.1 Å². The largest absolute Gasteiger partial charge is 0.497 e. The van der Waals surface area contributed by atoms with Crippen LogP contribution >= 0.6 is 12.2 Å². The molecule has 2 atom stereocenters. The number of fused-ring (bicyclic) bond motifs is 2. The standard InChI is InChI=1S/C23H29N3OS/c1-16-4-3-5-18(12-16)24-23(28)25-19-13-20-8-9-21(14-19)26(20)15-17-6-10-22(27-2)11-7-17/h3-7,10-12,19-21H,8-9,13-15H2,1-2H3,(H2,24,25,28). The van der Waals surface area contributed by atoms with Crippen LogP contribution in [0.15, 0.2) is 48.5 Å². The van der Waals surface area contributed by atoms with Gasteiger partial charge in [-0.3, -0.25) is 4.90 Å². The summed E-state index contributed by atoms with van der Waals surface area (Å²) in [6.07, 6.45) is 4.89. The number of nitrogens with one attached hydrogen (secondary N) is 2. The Kier molecular flexibility index (Phi) is 5.83. The maximum atomic E-state index is 5.57. The molecule has 0 saturated carbocycles. The zero-order valence-corrected chi connectivity index (χ0v) is 17.5. The van der Waals surface area contributed by atoms with E-state index in [-0.39, 0.29) is 0 Å². The number of methoxy groups -OCH3 is 1. The lowest BCUT2D eigenvalue weighted by molar-refractivity contribution is 0.115. The molecule has 2 aromatic rings. The highest BCUT2D eigenvalue weighted by molar-refractivity contribution is 7.80. The van der Waals surface area contributed by atoms with Crippen molar-refractivity contribution in [1.29, 1.82) is 0 Å². The lowest BCUT2D eigenvalue weighted by atomic mass is 9.96. The number of anilines is 1. The average molecular weight is 396 g/mol. The van der Waals surface area contributed by atoms with Gasteiger partial charge in [0.1, 0.15) is 5.75 Å². The molecule has 2 unspecified atom stereocenters. The van der Waals surface area contributed by atoms with Crippen LogP contribution in [0.25, 0.3) is 0 Å². The maximum Gasteiger partial charge on any atom is 0.170 e. The molecule has 0 radical (unpaired) electrons. The second kappa shape index (κ2) is 8.50. The third-order valence-corrected chi connectivity index (χ3v) is 6.24. The minimum absolute atomic E-state index is 0.453. The Labute approximate surface area is 173 Å². The van der Waals surface area contributed by atoms with E-state index in [9.17, 15) is 0 Å². The molecule has 2 aromatic carbocycles. The van der Waals surface area contributed by atoms with Crippen molar-refractivity contribution in [2.24, 2.45) is 0 Å². The molecule has 4 rings (SSSR count). The van der Waals surface area contributed by atoms with Gasteiger partial charge in [0.05, 0.1) is 7.11 Å². The molecule has 0 aliphatic carbocycles. The molecule has 148 valence electrons. The van der Waals surface area contributed by atoms with Crippen LogP contribution in [0.1, 0.15) is 36.8 Å². The molecular formula is C23H29N3OS. The fourth-order valence-electron chi connectivity index (χ4n) is 4.67. The third-order valence-electron chi connectivity index (χ3n) is 6.02. The second-order valence-electron chi connectivity index (χ2n) is 8.04. The summed E-state index contributed by atoms with van der Waals surface area (Å²) in [5.41, 5.74) is 3.65. The van der Waals surface area contributed by atoms with Crippen LogP contribution in [-0.2, 0) is 6.54 Å². The number of nitrogens with zero attached hydrogens (tertiary/aromatic N) is 1. The van der Waals surface area contributed by atoms with E-state index in [2.05, 4.69) is 71.0 Å². The molecule has 0 spiro atoms. The molecule has 2 bridgehead atoms. The maximum absolute atomic E-state index is 5.57. The van der Waals surface area contributed by atoms with E-state index >= 15 is 0 Å². The van der Waals surface area contributed by atoms with E-state index in [1.807, 2.05) is 0 Å². The summed E-state index contributed by atoms with van der Waals surface area (Å²) in [7, 11) is 1.71. The molecule has 5 heteroatoms. The number of thiocarbonyl (C=S) groups is 1. The van der Waals surface area contributed by atoms with E-state index in [1.54, 1.807) is 7.11 Å². The topological polar surface area (TPSA) is 36.5 Å². The minimum Gasteiger partial charge on any atom is -0.497 e. The molecule has 2 aliphatic rings. The van der Waals surface area contributed by atoms with Gasteiger partial charge in [-0.15, -0.1) is 0 Å². The van der Waals surface area contributed by atoms with Gasteiger partial charge in [-0.25, -0.2) is 0 Å². The van der Waals surface area contributed by atoms with Crippen LogP contribution in [0, 0.1) is 6.92 Å². The summed E-state index contributed by atoms with van der Waals surface area (Å²) in [6, 6.07) is 18.5. The van der Waals surface area contributed by atoms with Crippen LogP contribution < -0.4 is 15.4 Å². The number of benzene rings is 2. The number of ether oxygens (including phenoxy) is 1. The van der Waals surface area contributed by atoms with Crippen LogP contribution in [0.2, 0.25) is 0 Å². The predicted octanol–water partition coefficient (Wildman–Crippen LogP) is 4.49. The van der Waals surface area contributed by atoms with E-state index < -0.39 is 0 Å². The van der Waals surface area contributed by atoms with Crippen molar-refractivity contribution in [3.05, 3.63) is 59.7 Å². The average Bonchev–Trinajstić information content (AvgIpc) is 2.91. The molecule has 4 nitrogen and oxygen atoms in total. The van der Waals surface area contributed by atoms with E-state index in [0.717, 1.165) is 35.9 Å². The Bertz CT molecular complexity index is 809. The Morgan fingerprint density at radius 1 is 1.11 bits per heavy atom. The smallest absolute Gasteiger partial charge is 0.170 e. The van der Waals surface area contributed by atoms with Gasteiger partial charge in [0, 0.05) is 30.4 Å². The summed E-state index contributed by atoms with van der Waals surface area (Å²) in [5.74, 6) is 0.921. The van der Waals surface area contributed by atoms with Crippen molar-refractivity contribution in [1.82, 2.24) is 10.2 Å². The zero-order valence-electron chi connectivity index (χ0n) is 16.7. The molecule has 28 heavy (non-hydrogen) atoms. The monoisotopic (exact) mass is 395 g/mol. The lowest BCUT2D eigenvalue weighted by Crippen LogP contribution is -2.50. The minimum atomic E-state index is 0.453. The fourth-order valence-corrected chi connectivity index (χ4v) is 4.95. The van der Waals surface area contributed by atoms with Crippen molar-refractivity contribution in [3.8, 4) is 5.75 Å². The first-order valence-electron chi connectivity index (χ1n) is 10.1. The second-order valence-corrected chi connectivity index (χ2v) is 8.45. The summed E-state index contributed by atoms with van der Waals surface area (Å²) in [6.45, 7) is 3.12. The first-order chi connectivity index (χ1) is 13.6. The van der Waals surface area contributed by atoms with Gasteiger partial charge >= 0.3 is 0 Å². The first kappa shape index (κ1) is 19.2. The van der Waals surface area contributed by atoms with Crippen LogP contribution in [0.4, 0.5) is 5.69 Å². The number of hydrogen-bond acceptors (Lipinski definition) is 3. The normalized spacial score (nSPS) is 24.0. The molecule has 0 amide bonds. The van der Waals surface area contributed by atoms with Crippen LogP contribution in [0.5, 0.6) is 5.75 Å². The number of piperidine rings is 1. The highest BCUT2D eigenvalue weighted by Crippen LogP contribution is 2.37. The van der Waals surface area contributed by atoms with Gasteiger partial charge in [-0.1, -0.05) is 24.3 Å². The summed E-state index contributed by atoms with van der Waals surface area (Å²) in [5, 5.41) is 7.64. The van der Waals surface area contributed by atoms with Crippen molar-refractivity contribution in [3.63, 3.8) is 0 Å². The van der Waals surface area contributed by atoms with Crippen molar-refractivity contribution < 1.29 is 4.74 Å². The van der Waals surface area contributed by atoms with Gasteiger partial charge in [0.2, 0.25) is 0 Å². The van der Waals surface area contributed by atoms with E-state index in [1.165, 1.54) is 24.0 Å². The van der Waals surface area contributed by atoms with Gasteiger partial charge in [-0.2, -0.15) is 0 Å². The Morgan fingerprint density at radius 3 is 2.46 bits per heavy atom. The third kappa shape index (κ3) is 4.47. The SMILES string of the molecule is COc1ccc(CN2C3CCC2CC(NC(=S)Nc2cccc(C)c2)C3)cc1. The van der Waals surface area contributed by atoms with Gasteiger partial charge in [-0.05, 0) is 80.2 Å². The number of aryl methyl sites for hydroxylation is 1. The van der Waals surface area contributed by atoms with Crippen molar-refractivity contribution >= 4 is 23.0 Å². The molecule has 0 aromatic heterocycles. The van der Waals surface area contributed by atoms with Crippen LogP contribution in [-0.4, -0.2) is 35.2 Å². The summed E-state index contributed by atoms with van der Waals surface area (Å²) >= 11 is 5.57. The lowest BCUT2D eigenvalue weighted by Gasteiger charge is -2.39. The first-order valence-corrected chi connectivity index (χ1v) is 10.5. The fraction of sp³-hybridized carbons (Fsp3) is 0.435. The molecule has 2 aliphatic heterocycles. The summed E-state index contributed by atoms with van der Waals surface area (Å²) in [4.78, 5) is 2.69. The molecule has 2 fully saturated rings. The molecule has 2 heterocycles. The molecular weight excluding hydrogens is 366 g/mol. The highest BCUT2D eigenvalue weighted by atomic mass is 32.1. The summed E-state index contributed by atoms with van der Waals surface area (Å²) < 4.78 is 5.27. The Hall–Kier alpha value is -2.11. The van der Waals surface area contributed by atoms with Gasteiger partial charge in [0.25, 0.3) is 0 Å². The predicted molar refractivity (Wildman–Crippen MR) is 119 cm³/mol. The molecule has 2 saturated heterocycles. The quantitative estimate of drug-likeness (QED) is 0.730. The number of rotatable bonds is 5. The van der Waals surface area contributed by atoms with Gasteiger partial charge < -0.3 is 15.4 Å². The molecule has 2 N–H and O–H groups in total. The highest BCUT2D eigenvalue weighted by Gasteiger charge is 2.40. The van der Waals surface area contributed by atoms with E-state index in [4.69, 9.17) is 17.0 Å². The zero-order chi connectivity index (χ0) is 19.5. The number of hydrogen-bond donors (Lipinski definition) is 2. The van der Waals surface area contributed by atoms with Crippen molar-refractivity contribution in [2.45, 2.75) is 57.3 Å². The Balaban J connectivity index is 1.32.